The van der Waals surface area contributed by atoms with Gasteiger partial charge in [-0.3, -0.25) is 9.59 Å². The summed E-state index contributed by atoms with van der Waals surface area (Å²) in [4.78, 5) is 35.0. The van der Waals surface area contributed by atoms with Crippen molar-refractivity contribution in [2.24, 2.45) is 0 Å². The first-order valence-electron chi connectivity index (χ1n) is 7.43. The number of aryl methyl sites for hydroxylation is 1. The minimum Gasteiger partial charge on any atom is -0.423 e. The zero-order chi connectivity index (χ0) is 18.6. The number of esters is 1. The van der Waals surface area contributed by atoms with Crippen molar-refractivity contribution in [3.05, 3.63) is 52.5 Å². The molecule has 2 N–H and O–H groups in total. The molecule has 0 unspecified atom stereocenters. The van der Waals surface area contributed by atoms with Crippen LogP contribution in [0.15, 0.2) is 36.4 Å². The lowest BCUT2D eigenvalue weighted by Gasteiger charge is -2.11. The molecule has 25 heavy (non-hydrogen) atoms. The Labute approximate surface area is 150 Å². The Morgan fingerprint density at radius 3 is 1.96 bits per heavy atom. The average Bonchev–Trinajstić information content (AvgIpc) is 2.48. The molecule has 2 aromatic rings. The van der Waals surface area contributed by atoms with Gasteiger partial charge in [-0.2, -0.15) is 0 Å². The van der Waals surface area contributed by atoms with Gasteiger partial charge in [0.1, 0.15) is 5.75 Å². The molecule has 0 saturated heterocycles. The Bertz CT molecular complexity index is 815. The van der Waals surface area contributed by atoms with Crippen molar-refractivity contribution in [3.8, 4) is 5.75 Å². The third-order valence-electron chi connectivity index (χ3n) is 3.15. The van der Waals surface area contributed by atoms with Crippen LogP contribution in [0.2, 0.25) is 5.02 Å². The van der Waals surface area contributed by atoms with Crippen LogP contribution in [0.4, 0.5) is 11.4 Å². The fourth-order valence-corrected chi connectivity index (χ4v) is 2.41. The third-order valence-corrected chi connectivity index (χ3v) is 3.38. The van der Waals surface area contributed by atoms with Crippen LogP contribution in [0.3, 0.4) is 0 Å². The number of nitrogens with one attached hydrogen (secondary N) is 2. The number of benzene rings is 2. The Kier molecular flexibility index (Phi) is 5.77. The Morgan fingerprint density at radius 1 is 0.920 bits per heavy atom. The van der Waals surface area contributed by atoms with Crippen molar-refractivity contribution >= 4 is 40.8 Å². The Morgan fingerprint density at radius 2 is 1.48 bits per heavy atom. The van der Waals surface area contributed by atoms with E-state index in [1.54, 1.807) is 31.2 Å². The lowest BCUT2D eigenvalue weighted by molar-refractivity contribution is -0.115. The minimum absolute atomic E-state index is 0.185. The molecule has 0 bridgehead atoms. The van der Waals surface area contributed by atoms with Crippen LogP contribution in [-0.2, 0) is 9.59 Å². The highest BCUT2D eigenvalue weighted by molar-refractivity contribution is 6.30. The van der Waals surface area contributed by atoms with E-state index in [0.29, 0.717) is 27.7 Å². The molecule has 0 aromatic heterocycles. The predicted octanol–water partition coefficient (Wildman–Crippen LogP) is 3.78. The standard InChI is InChI=1S/C18H17ClN2O4/c1-10-6-14(19)4-5-17(10)25-18(24)13-7-15(20-11(2)22)9-16(8-13)21-12(3)23/h4-9H,1-3H3,(H,20,22)(H,21,23). The number of carbonyl (C=O) groups is 3. The van der Waals surface area contributed by atoms with Crippen molar-refractivity contribution in [3.63, 3.8) is 0 Å². The zero-order valence-electron chi connectivity index (χ0n) is 14.0. The Hall–Kier alpha value is -2.86. The maximum Gasteiger partial charge on any atom is 0.343 e. The Balaban J connectivity index is 2.33. The average molecular weight is 361 g/mol. The van der Waals surface area contributed by atoms with Crippen molar-refractivity contribution < 1.29 is 19.1 Å². The van der Waals surface area contributed by atoms with E-state index in [4.69, 9.17) is 16.3 Å². The number of anilines is 2. The molecule has 2 aromatic carbocycles. The summed E-state index contributed by atoms with van der Waals surface area (Å²) in [6.45, 7) is 4.46. The van der Waals surface area contributed by atoms with Crippen molar-refractivity contribution in [2.45, 2.75) is 20.8 Å². The number of amides is 2. The van der Waals surface area contributed by atoms with E-state index < -0.39 is 5.97 Å². The first kappa shape index (κ1) is 18.5. The van der Waals surface area contributed by atoms with Crippen molar-refractivity contribution in [2.75, 3.05) is 10.6 Å². The van der Waals surface area contributed by atoms with Crippen LogP contribution in [0, 0.1) is 6.92 Å². The lowest BCUT2D eigenvalue weighted by Crippen LogP contribution is -2.13. The van der Waals surface area contributed by atoms with E-state index in [-0.39, 0.29) is 17.4 Å². The molecule has 0 saturated carbocycles. The van der Waals surface area contributed by atoms with Crippen LogP contribution in [-0.4, -0.2) is 17.8 Å². The second-order valence-electron chi connectivity index (χ2n) is 5.46. The van der Waals surface area contributed by atoms with E-state index >= 15 is 0 Å². The highest BCUT2D eigenvalue weighted by Gasteiger charge is 2.14. The number of ether oxygens (including phenoxy) is 1. The highest BCUT2D eigenvalue weighted by atomic mass is 35.5. The summed E-state index contributed by atoms with van der Waals surface area (Å²) in [6, 6.07) is 9.39. The number of hydrogen-bond acceptors (Lipinski definition) is 4. The van der Waals surface area contributed by atoms with Crippen molar-refractivity contribution in [1.29, 1.82) is 0 Å². The second kappa shape index (κ2) is 7.81. The van der Waals surface area contributed by atoms with Gasteiger partial charge in [-0.25, -0.2) is 4.79 Å². The molecule has 0 atom stereocenters. The molecule has 7 heteroatoms. The lowest BCUT2D eigenvalue weighted by atomic mass is 10.1. The molecule has 0 fully saturated rings. The van der Waals surface area contributed by atoms with Gasteiger partial charge in [0.05, 0.1) is 5.56 Å². The predicted molar refractivity (Wildman–Crippen MR) is 96.2 cm³/mol. The van der Waals surface area contributed by atoms with Gasteiger partial charge in [0, 0.05) is 30.2 Å². The van der Waals surface area contributed by atoms with Crippen molar-refractivity contribution in [1.82, 2.24) is 0 Å². The molecule has 0 aliphatic carbocycles. The van der Waals surface area contributed by atoms with E-state index in [1.807, 2.05) is 0 Å². The molecule has 0 radical (unpaired) electrons. The molecule has 0 heterocycles. The van der Waals surface area contributed by atoms with E-state index in [2.05, 4.69) is 10.6 Å². The smallest absolute Gasteiger partial charge is 0.343 e. The second-order valence-corrected chi connectivity index (χ2v) is 5.90. The molecular weight excluding hydrogens is 344 g/mol. The van der Waals surface area contributed by atoms with E-state index in [0.717, 1.165) is 0 Å². The number of rotatable bonds is 4. The molecule has 6 nitrogen and oxygen atoms in total. The summed E-state index contributed by atoms with van der Waals surface area (Å²) < 4.78 is 5.38. The molecule has 0 spiro atoms. The van der Waals surface area contributed by atoms with Gasteiger partial charge in [0.15, 0.2) is 0 Å². The van der Waals surface area contributed by atoms with Gasteiger partial charge in [-0.05, 0) is 48.9 Å². The van der Waals surface area contributed by atoms with Gasteiger partial charge in [0.25, 0.3) is 0 Å². The normalized spacial score (nSPS) is 10.1. The monoisotopic (exact) mass is 360 g/mol. The summed E-state index contributed by atoms with van der Waals surface area (Å²) in [5.74, 6) is -0.842. The number of halogens is 1. The summed E-state index contributed by atoms with van der Waals surface area (Å²) in [6.07, 6.45) is 0. The molecule has 0 aliphatic rings. The van der Waals surface area contributed by atoms with Crippen LogP contribution >= 0.6 is 11.6 Å². The topological polar surface area (TPSA) is 84.5 Å². The SMILES string of the molecule is CC(=O)Nc1cc(NC(C)=O)cc(C(=O)Oc2ccc(Cl)cc2C)c1. The molecule has 0 aliphatic heterocycles. The van der Waals surface area contributed by atoms with Gasteiger partial charge in [-0.15, -0.1) is 0 Å². The fraction of sp³-hybridized carbons (Fsp3) is 0.167. The van der Waals surface area contributed by atoms with Gasteiger partial charge in [0.2, 0.25) is 11.8 Å². The fourth-order valence-electron chi connectivity index (χ4n) is 2.18. The van der Waals surface area contributed by atoms with Gasteiger partial charge >= 0.3 is 5.97 Å². The van der Waals surface area contributed by atoms with Crippen LogP contribution in [0.1, 0.15) is 29.8 Å². The summed E-state index contributed by atoms with van der Waals surface area (Å²) in [5, 5.41) is 5.70. The summed E-state index contributed by atoms with van der Waals surface area (Å²) >= 11 is 5.89. The van der Waals surface area contributed by atoms with E-state index in [9.17, 15) is 14.4 Å². The number of carbonyl (C=O) groups excluding carboxylic acids is 3. The van der Waals surface area contributed by atoms with Gasteiger partial charge < -0.3 is 15.4 Å². The van der Waals surface area contributed by atoms with Crippen LogP contribution in [0.25, 0.3) is 0 Å². The summed E-state index contributed by atoms with van der Waals surface area (Å²) in [5.41, 5.74) is 1.64. The molecular formula is C18H17ClN2O4. The quantitative estimate of drug-likeness (QED) is 0.641. The molecule has 130 valence electrons. The maximum atomic E-state index is 12.4. The van der Waals surface area contributed by atoms with E-state index in [1.165, 1.54) is 26.0 Å². The minimum atomic E-state index is -0.621. The zero-order valence-corrected chi connectivity index (χ0v) is 14.7. The number of hydrogen-bond donors (Lipinski definition) is 2. The molecule has 2 amide bonds. The highest BCUT2D eigenvalue weighted by Crippen LogP contribution is 2.25. The largest absolute Gasteiger partial charge is 0.423 e. The van der Waals surface area contributed by atoms with Crippen LogP contribution < -0.4 is 15.4 Å². The first-order valence-corrected chi connectivity index (χ1v) is 7.81. The third kappa shape index (κ3) is 5.32. The first-order chi connectivity index (χ1) is 11.7. The maximum absolute atomic E-state index is 12.4. The molecule has 2 rings (SSSR count). The summed E-state index contributed by atoms with van der Waals surface area (Å²) in [7, 11) is 0. The van der Waals surface area contributed by atoms with Gasteiger partial charge in [-0.1, -0.05) is 11.6 Å². The van der Waals surface area contributed by atoms with Crippen LogP contribution in [0.5, 0.6) is 5.75 Å².